The highest BCUT2D eigenvalue weighted by Crippen LogP contribution is 2.32. The molecule has 0 spiro atoms. The van der Waals surface area contributed by atoms with Gasteiger partial charge >= 0.3 is 5.97 Å². The van der Waals surface area contributed by atoms with Crippen LogP contribution in [0.1, 0.15) is 21.6 Å². The van der Waals surface area contributed by atoms with Gasteiger partial charge in [0.15, 0.2) is 11.5 Å². The zero-order valence-electron chi connectivity index (χ0n) is 13.4. The summed E-state index contributed by atoms with van der Waals surface area (Å²) >= 11 is -2.19. The lowest BCUT2D eigenvalue weighted by Gasteiger charge is -2.17. The van der Waals surface area contributed by atoms with Crippen LogP contribution in [0.25, 0.3) is 0 Å². The second kappa shape index (κ2) is 7.60. The van der Waals surface area contributed by atoms with E-state index in [9.17, 15) is 13.6 Å². The Morgan fingerprint density at radius 2 is 2.08 bits per heavy atom. The molecule has 1 aromatic carbocycles. The molecule has 1 atom stereocenters. The standard InChI is InChI=1S/C16H16N2O6S/c1-22-16(19)12-3-4-13(17-7-12)9-18(25(20)21)8-11-2-5-14-15(6-11)24-10-23-14/h2-7H,8-10H2,1H3,(H,20,21). The first-order valence-electron chi connectivity index (χ1n) is 7.34. The summed E-state index contributed by atoms with van der Waals surface area (Å²) in [7, 11) is 1.29. The van der Waals surface area contributed by atoms with Gasteiger partial charge in [0.1, 0.15) is 0 Å². The second-order valence-corrected chi connectivity index (χ2v) is 6.22. The molecule has 3 rings (SSSR count). The molecular weight excluding hydrogens is 348 g/mol. The smallest absolute Gasteiger partial charge is 0.339 e. The topological polar surface area (TPSA) is 98.2 Å². The molecule has 1 aromatic heterocycles. The number of esters is 1. The number of methoxy groups -OCH3 is 1. The van der Waals surface area contributed by atoms with E-state index in [1.54, 1.807) is 30.3 Å². The molecule has 0 saturated heterocycles. The zero-order chi connectivity index (χ0) is 17.8. The highest BCUT2D eigenvalue weighted by molar-refractivity contribution is 7.76. The number of carbonyl (C=O) groups is 1. The molecule has 9 heteroatoms. The number of pyridine rings is 1. The van der Waals surface area contributed by atoms with Gasteiger partial charge in [-0.05, 0) is 29.8 Å². The molecule has 1 unspecified atom stereocenters. The fraction of sp³-hybridized carbons (Fsp3) is 0.250. The maximum Gasteiger partial charge on any atom is 0.339 e. The van der Waals surface area contributed by atoms with Gasteiger partial charge < -0.3 is 14.2 Å². The van der Waals surface area contributed by atoms with E-state index in [4.69, 9.17) is 9.47 Å². The summed E-state index contributed by atoms with van der Waals surface area (Å²) in [6.45, 7) is 0.532. The Balaban J connectivity index is 1.71. The number of hydrogen-bond acceptors (Lipinski definition) is 6. The molecule has 25 heavy (non-hydrogen) atoms. The molecule has 0 aliphatic carbocycles. The van der Waals surface area contributed by atoms with E-state index < -0.39 is 17.2 Å². The minimum Gasteiger partial charge on any atom is -0.465 e. The lowest BCUT2D eigenvalue weighted by molar-refractivity contribution is 0.0600. The predicted molar refractivity (Wildman–Crippen MR) is 88.2 cm³/mol. The first kappa shape index (κ1) is 17.3. The van der Waals surface area contributed by atoms with Gasteiger partial charge in [0.25, 0.3) is 0 Å². The molecule has 1 aliphatic heterocycles. The minimum atomic E-state index is -2.19. The highest BCUT2D eigenvalue weighted by Gasteiger charge is 2.18. The fourth-order valence-corrected chi connectivity index (χ4v) is 2.85. The average molecular weight is 364 g/mol. The van der Waals surface area contributed by atoms with Crippen LogP contribution in [0.5, 0.6) is 11.5 Å². The van der Waals surface area contributed by atoms with Crippen molar-refractivity contribution < 1.29 is 27.8 Å². The maximum absolute atomic E-state index is 11.6. The Morgan fingerprint density at radius 1 is 1.28 bits per heavy atom. The van der Waals surface area contributed by atoms with Gasteiger partial charge in [0.2, 0.25) is 18.1 Å². The summed E-state index contributed by atoms with van der Waals surface area (Å²) in [6, 6.07) is 8.52. The summed E-state index contributed by atoms with van der Waals surface area (Å²) in [5.41, 5.74) is 1.67. The molecular formula is C16H16N2O6S. The minimum absolute atomic E-state index is 0.138. The van der Waals surface area contributed by atoms with E-state index in [1.807, 2.05) is 0 Å². The van der Waals surface area contributed by atoms with Crippen LogP contribution in [0.2, 0.25) is 0 Å². The Kier molecular flexibility index (Phi) is 5.27. The van der Waals surface area contributed by atoms with Crippen LogP contribution in [0.4, 0.5) is 0 Å². The maximum atomic E-state index is 11.6. The van der Waals surface area contributed by atoms with Crippen molar-refractivity contribution in [3.63, 3.8) is 0 Å². The number of rotatable bonds is 6. The quantitative estimate of drug-likeness (QED) is 0.616. The Bertz CT molecular complexity index is 796. The van der Waals surface area contributed by atoms with Crippen LogP contribution < -0.4 is 9.47 Å². The number of nitrogens with zero attached hydrogens (tertiary/aromatic N) is 2. The van der Waals surface area contributed by atoms with Gasteiger partial charge in [-0.1, -0.05) is 6.07 Å². The van der Waals surface area contributed by atoms with Crippen molar-refractivity contribution in [1.29, 1.82) is 0 Å². The number of hydrogen-bond donors (Lipinski definition) is 1. The van der Waals surface area contributed by atoms with Crippen molar-refractivity contribution in [2.24, 2.45) is 0 Å². The summed E-state index contributed by atoms with van der Waals surface area (Å²) in [5, 5.41) is 0. The molecule has 1 N–H and O–H groups in total. The number of ether oxygens (including phenoxy) is 3. The van der Waals surface area contributed by atoms with Gasteiger partial charge in [-0.25, -0.2) is 9.00 Å². The first-order chi connectivity index (χ1) is 12.1. The summed E-state index contributed by atoms with van der Waals surface area (Å²) in [6.07, 6.45) is 1.38. The van der Waals surface area contributed by atoms with Crippen molar-refractivity contribution in [3.05, 3.63) is 53.3 Å². The largest absolute Gasteiger partial charge is 0.465 e. The Labute approximate surface area is 146 Å². The van der Waals surface area contributed by atoms with Crippen molar-refractivity contribution in [3.8, 4) is 11.5 Å². The monoisotopic (exact) mass is 364 g/mol. The van der Waals surface area contributed by atoms with Crippen LogP contribution in [0.15, 0.2) is 36.5 Å². The van der Waals surface area contributed by atoms with Gasteiger partial charge in [-0.3, -0.25) is 9.54 Å². The summed E-state index contributed by atoms with van der Waals surface area (Å²) < 4.78 is 37.7. The third-order valence-electron chi connectivity index (χ3n) is 3.60. The molecule has 2 aromatic rings. The van der Waals surface area contributed by atoms with E-state index in [0.29, 0.717) is 22.8 Å². The van der Waals surface area contributed by atoms with Crippen LogP contribution in [-0.2, 0) is 29.1 Å². The number of carbonyl (C=O) groups excluding carboxylic acids is 1. The molecule has 132 valence electrons. The molecule has 0 amide bonds. The van der Waals surface area contributed by atoms with Crippen molar-refractivity contribution in [2.45, 2.75) is 13.1 Å². The molecule has 0 fully saturated rings. The normalized spacial score (nSPS) is 13.7. The van der Waals surface area contributed by atoms with Crippen molar-refractivity contribution in [2.75, 3.05) is 13.9 Å². The third-order valence-corrected chi connectivity index (χ3v) is 4.30. The van der Waals surface area contributed by atoms with E-state index in [2.05, 4.69) is 9.72 Å². The molecule has 0 saturated carbocycles. The van der Waals surface area contributed by atoms with Crippen LogP contribution in [0, 0.1) is 0 Å². The fourth-order valence-electron chi connectivity index (χ4n) is 2.35. The summed E-state index contributed by atoms with van der Waals surface area (Å²) in [4.78, 5) is 15.5. The Hall–Kier alpha value is -2.49. The van der Waals surface area contributed by atoms with E-state index in [-0.39, 0.29) is 19.9 Å². The molecule has 2 heterocycles. The van der Waals surface area contributed by atoms with Gasteiger partial charge in [-0.2, -0.15) is 4.31 Å². The van der Waals surface area contributed by atoms with Crippen LogP contribution >= 0.6 is 0 Å². The first-order valence-corrected chi connectivity index (χ1v) is 8.41. The van der Waals surface area contributed by atoms with Gasteiger partial charge in [-0.15, -0.1) is 0 Å². The molecule has 0 radical (unpaired) electrons. The third kappa shape index (κ3) is 4.13. The average Bonchev–Trinajstić information content (AvgIpc) is 3.08. The van der Waals surface area contributed by atoms with Gasteiger partial charge in [0.05, 0.1) is 24.9 Å². The zero-order valence-corrected chi connectivity index (χ0v) is 14.2. The molecule has 8 nitrogen and oxygen atoms in total. The SMILES string of the molecule is COC(=O)c1ccc(CN(Cc2ccc3c(c2)OCO3)S(=O)O)nc1. The van der Waals surface area contributed by atoms with Crippen LogP contribution in [0.3, 0.4) is 0 Å². The van der Waals surface area contributed by atoms with Crippen molar-refractivity contribution >= 4 is 17.2 Å². The Morgan fingerprint density at radius 3 is 2.76 bits per heavy atom. The van der Waals surface area contributed by atoms with Gasteiger partial charge in [0, 0.05) is 12.7 Å². The highest BCUT2D eigenvalue weighted by atomic mass is 32.2. The van der Waals surface area contributed by atoms with Crippen molar-refractivity contribution in [1.82, 2.24) is 9.29 Å². The summed E-state index contributed by atoms with van der Waals surface area (Å²) in [5.74, 6) is 0.782. The molecule has 0 bridgehead atoms. The van der Waals surface area contributed by atoms with Crippen LogP contribution in [-0.4, -0.2) is 37.9 Å². The number of benzene rings is 1. The lowest BCUT2D eigenvalue weighted by Crippen LogP contribution is -2.25. The van der Waals surface area contributed by atoms with E-state index in [1.165, 1.54) is 17.6 Å². The number of fused-ring (bicyclic) bond motifs is 1. The second-order valence-electron chi connectivity index (χ2n) is 5.25. The lowest BCUT2D eigenvalue weighted by atomic mass is 10.2. The van der Waals surface area contributed by atoms with E-state index >= 15 is 0 Å². The van der Waals surface area contributed by atoms with E-state index in [0.717, 1.165) is 5.56 Å². The molecule has 1 aliphatic rings. The number of aromatic nitrogens is 1. The predicted octanol–water partition coefficient (Wildman–Crippen LogP) is 1.74.